The van der Waals surface area contributed by atoms with Gasteiger partial charge in [-0.3, -0.25) is 4.79 Å². The number of benzene rings is 1. The van der Waals surface area contributed by atoms with Crippen LogP contribution in [0.4, 0.5) is 0 Å². The highest BCUT2D eigenvalue weighted by atomic mass is 16.5. The van der Waals surface area contributed by atoms with Gasteiger partial charge in [-0.15, -0.1) is 0 Å². The van der Waals surface area contributed by atoms with E-state index in [1.165, 1.54) is 5.56 Å². The number of rotatable bonds is 4. The summed E-state index contributed by atoms with van der Waals surface area (Å²) >= 11 is 0. The molecule has 0 aliphatic carbocycles. The second-order valence-corrected chi connectivity index (χ2v) is 5.21. The Morgan fingerprint density at radius 2 is 2.26 bits per heavy atom. The Bertz CT molecular complexity index is 453. The molecule has 0 aromatic heterocycles. The van der Waals surface area contributed by atoms with Crippen molar-refractivity contribution in [3.63, 3.8) is 0 Å². The van der Waals surface area contributed by atoms with Crippen molar-refractivity contribution < 1.29 is 9.53 Å². The van der Waals surface area contributed by atoms with Crippen LogP contribution >= 0.6 is 0 Å². The summed E-state index contributed by atoms with van der Waals surface area (Å²) in [6, 6.07) is 6.28. The van der Waals surface area contributed by atoms with E-state index in [1.54, 1.807) is 4.90 Å². The summed E-state index contributed by atoms with van der Waals surface area (Å²) in [7, 11) is 1.85. The van der Waals surface area contributed by atoms with Crippen LogP contribution < -0.4 is 10.1 Å². The summed E-state index contributed by atoms with van der Waals surface area (Å²) in [5, 5.41) is 3.26. The smallest absolute Gasteiger partial charge is 0.260 e. The van der Waals surface area contributed by atoms with Crippen molar-refractivity contribution in [3.8, 4) is 5.75 Å². The van der Waals surface area contributed by atoms with Gasteiger partial charge in [0.25, 0.3) is 5.91 Å². The Kier molecular flexibility index (Phi) is 4.43. The van der Waals surface area contributed by atoms with Gasteiger partial charge < -0.3 is 15.0 Å². The highest BCUT2D eigenvalue weighted by Crippen LogP contribution is 2.18. The van der Waals surface area contributed by atoms with Gasteiger partial charge in [-0.1, -0.05) is 17.7 Å². The molecule has 2 rings (SSSR count). The molecule has 4 heteroatoms. The van der Waals surface area contributed by atoms with Crippen LogP contribution in [0.2, 0.25) is 0 Å². The Hall–Kier alpha value is -1.55. The molecule has 1 fully saturated rings. The van der Waals surface area contributed by atoms with Gasteiger partial charge in [-0.25, -0.2) is 0 Å². The summed E-state index contributed by atoms with van der Waals surface area (Å²) in [6.07, 6.45) is 1.02. The van der Waals surface area contributed by atoms with Crippen LogP contribution in [0.5, 0.6) is 5.75 Å². The van der Waals surface area contributed by atoms with Crippen LogP contribution in [-0.4, -0.2) is 43.6 Å². The Balaban J connectivity index is 1.89. The van der Waals surface area contributed by atoms with Crippen LogP contribution in [0.3, 0.4) is 0 Å². The number of aryl methyl sites for hydroxylation is 2. The second-order valence-electron chi connectivity index (χ2n) is 5.21. The van der Waals surface area contributed by atoms with Crippen LogP contribution in [0.15, 0.2) is 18.2 Å². The van der Waals surface area contributed by atoms with Crippen molar-refractivity contribution in [2.45, 2.75) is 26.3 Å². The topological polar surface area (TPSA) is 41.6 Å². The SMILES string of the molecule is Cc1ccc(OCC(=O)N(C)[C@H]2CCNC2)c(C)c1. The van der Waals surface area contributed by atoms with Crippen molar-refractivity contribution >= 4 is 5.91 Å². The van der Waals surface area contributed by atoms with Gasteiger partial charge in [0.2, 0.25) is 0 Å². The third kappa shape index (κ3) is 3.47. The average Bonchev–Trinajstić information content (AvgIpc) is 2.90. The fraction of sp³-hybridized carbons (Fsp3) is 0.533. The molecule has 1 saturated heterocycles. The van der Waals surface area contributed by atoms with Gasteiger partial charge in [-0.05, 0) is 38.4 Å². The zero-order valence-electron chi connectivity index (χ0n) is 11.9. The third-order valence-electron chi connectivity index (χ3n) is 3.66. The number of nitrogens with one attached hydrogen (secondary N) is 1. The van der Waals surface area contributed by atoms with Crippen LogP contribution in [-0.2, 0) is 4.79 Å². The monoisotopic (exact) mass is 262 g/mol. The van der Waals surface area contributed by atoms with E-state index in [9.17, 15) is 4.79 Å². The fourth-order valence-corrected chi connectivity index (χ4v) is 2.38. The maximum Gasteiger partial charge on any atom is 0.260 e. The molecule has 104 valence electrons. The lowest BCUT2D eigenvalue weighted by Gasteiger charge is -2.23. The van der Waals surface area contributed by atoms with Crippen LogP contribution in [0.25, 0.3) is 0 Å². The second kappa shape index (κ2) is 6.06. The first-order chi connectivity index (χ1) is 9.08. The first-order valence-corrected chi connectivity index (χ1v) is 6.74. The maximum atomic E-state index is 12.1. The Morgan fingerprint density at radius 3 is 2.89 bits per heavy atom. The van der Waals surface area contributed by atoms with E-state index in [4.69, 9.17) is 4.74 Å². The van der Waals surface area contributed by atoms with E-state index >= 15 is 0 Å². The summed E-state index contributed by atoms with van der Waals surface area (Å²) in [5.74, 6) is 0.825. The molecule has 1 heterocycles. The number of likely N-dealkylation sites (N-methyl/N-ethyl adjacent to an activating group) is 1. The lowest BCUT2D eigenvalue weighted by Crippen LogP contribution is -2.40. The molecule has 1 aliphatic heterocycles. The number of hydrogen-bond acceptors (Lipinski definition) is 3. The first kappa shape index (κ1) is 13.9. The molecule has 0 saturated carbocycles. The molecular formula is C15H22N2O2. The van der Waals surface area contributed by atoms with Crippen LogP contribution in [0.1, 0.15) is 17.5 Å². The minimum atomic E-state index is 0.0358. The zero-order valence-corrected chi connectivity index (χ0v) is 11.9. The van der Waals surface area contributed by atoms with E-state index in [1.807, 2.05) is 33.0 Å². The lowest BCUT2D eigenvalue weighted by atomic mass is 10.1. The summed E-state index contributed by atoms with van der Waals surface area (Å²) < 4.78 is 5.62. The number of carbonyl (C=O) groups excluding carboxylic acids is 1. The number of ether oxygens (including phenoxy) is 1. The normalized spacial score (nSPS) is 18.4. The summed E-state index contributed by atoms with van der Waals surface area (Å²) in [4.78, 5) is 13.8. The number of nitrogens with zero attached hydrogens (tertiary/aromatic N) is 1. The highest BCUT2D eigenvalue weighted by molar-refractivity contribution is 5.78. The standard InChI is InChI=1S/C15H22N2O2/c1-11-4-5-14(12(2)8-11)19-10-15(18)17(3)13-6-7-16-9-13/h4-5,8,13,16H,6-7,9-10H2,1-3H3/t13-/m0/s1. The molecule has 0 bridgehead atoms. The minimum Gasteiger partial charge on any atom is -0.484 e. The molecule has 0 unspecified atom stereocenters. The maximum absolute atomic E-state index is 12.1. The molecule has 0 spiro atoms. The molecule has 1 aromatic rings. The van der Waals surface area contributed by atoms with Crippen molar-refractivity contribution in [1.82, 2.24) is 10.2 Å². The molecule has 1 aliphatic rings. The van der Waals surface area contributed by atoms with Gasteiger partial charge in [0.05, 0.1) is 0 Å². The largest absolute Gasteiger partial charge is 0.484 e. The van der Waals surface area contributed by atoms with Gasteiger partial charge >= 0.3 is 0 Å². The molecule has 1 aromatic carbocycles. The lowest BCUT2D eigenvalue weighted by molar-refractivity contribution is -0.133. The van der Waals surface area contributed by atoms with Crippen molar-refractivity contribution in [2.24, 2.45) is 0 Å². The van der Waals surface area contributed by atoms with Gasteiger partial charge in [0.15, 0.2) is 6.61 Å². The molecule has 1 N–H and O–H groups in total. The predicted molar refractivity (Wildman–Crippen MR) is 75.5 cm³/mol. The quantitative estimate of drug-likeness (QED) is 0.894. The minimum absolute atomic E-state index is 0.0358. The van der Waals surface area contributed by atoms with Gasteiger partial charge in [0.1, 0.15) is 5.75 Å². The van der Waals surface area contributed by atoms with E-state index in [0.29, 0.717) is 6.04 Å². The number of amides is 1. The van der Waals surface area contributed by atoms with E-state index in [2.05, 4.69) is 11.4 Å². The highest BCUT2D eigenvalue weighted by Gasteiger charge is 2.23. The van der Waals surface area contributed by atoms with Crippen molar-refractivity contribution in [2.75, 3.05) is 26.7 Å². The fourth-order valence-electron chi connectivity index (χ4n) is 2.38. The third-order valence-corrected chi connectivity index (χ3v) is 3.66. The summed E-state index contributed by atoms with van der Waals surface area (Å²) in [5.41, 5.74) is 2.27. The van der Waals surface area contributed by atoms with Crippen LogP contribution in [0, 0.1) is 13.8 Å². The molecule has 19 heavy (non-hydrogen) atoms. The van der Waals surface area contributed by atoms with E-state index in [0.717, 1.165) is 30.8 Å². The number of carbonyl (C=O) groups is 1. The van der Waals surface area contributed by atoms with Gasteiger partial charge in [0, 0.05) is 19.6 Å². The molecule has 1 amide bonds. The molecule has 0 radical (unpaired) electrons. The zero-order chi connectivity index (χ0) is 13.8. The first-order valence-electron chi connectivity index (χ1n) is 6.74. The van der Waals surface area contributed by atoms with E-state index < -0.39 is 0 Å². The Labute approximate surface area is 114 Å². The summed E-state index contributed by atoms with van der Waals surface area (Å²) in [6.45, 7) is 6.02. The molecule has 1 atom stereocenters. The van der Waals surface area contributed by atoms with Crippen molar-refractivity contribution in [1.29, 1.82) is 0 Å². The number of hydrogen-bond donors (Lipinski definition) is 1. The van der Waals surface area contributed by atoms with Gasteiger partial charge in [-0.2, -0.15) is 0 Å². The molecular weight excluding hydrogens is 240 g/mol. The van der Waals surface area contributed by atoms with Crippen molar-refractivity contribution in [3.05, 3.63) is 29.3 Å². The molecule has 4 nitrogen and oxygen atoms in total. The average molecular weight is 262 g/mol. The Morgan fingerprint density at radius 1 is 1.47 bits per heavy atom. The van der Waals surface area contributed by atoms with E-state index in [-0.39, 0.29) is 12.5 Å². The predicted octanol–water partition coefficient (Wildman–Crippen LogP) is 1.50.